The molecule has 0 unspecified atom stereocenters. The largest absolute Gasteiger partial charge is 0.509 e. The van der Waals surface area contributed by atoms with E-state index < -0.39 is 0 Å². The quantitative estimate of drug-likeness (QED) is 0.149. The van der Waals surface area contributed by atoms with Gasteiger partial charge in [-0.1, -0.05) is 96.5 Å². The predicted molar refractivity (Wildman–Crippen MR) is 253 cm³/mol. The molecule has 7 heteroatoms. The molecule has 0 saturated carbocycles. The van der Waals surface area contributed by atoms with E-state index in [1.54, 1.807) is 0 Å². The molecular formula is C56H38N5OPt-3. The molecule has 8 aromatic carbocycles. The zero-order valence-corrected chi connectivity index (χ0v) is 36.7. The third-order valence-corrected chi connectivity index (χ3v) is 11.9. The Balaban J connectivity index is 0.00000444. The van der Waals surface area contributed by atoms with Gasteiger partial charge in [-0.3, -0.25) is 0 Å². The van der Waals surface area contributed by atoms with E-state index in [0.717, 1.165) is 67.2 Å². The van der Waals surface area contributed by atoms with E-state index in [1.165, 1.54) is 32.9 Å². The van der Waals surface area contributed by atoms with Gasteiger partial charge in [0.15, 0.2) is 0 Å². The molecule has 0 amide bonds. The minimum absolute atomic E-state index is 0. The van der Waals surface area contributed by atoms with Gasteiger partial charge < -0.3 is 23.7 Å². The minimum atomic E-state index is 0. The first kappa shape index (κ1) is 38.5. The van der Waals surface area contributed by atoms with Crippen LogP contribution < -0.4 is 14.5 Å². The maximum Gasteiger partial charge on any atom is 0.136 e. The Hall–Kier alpha value is -7.40. The second-order valence-corrected chi connectivity index (χ2v) is 15.9. The molecule has 3 aromatic heterocycles. The van der Waals surface area contributed by atoms with Gasteiger partial charge in [0.05, 0.1) is 16.7 Å². The molecule has 1 aliphatic rings. The number of rotatable bonds is 7. The zero-order chi connectivity index (χ0) is 41.3. The summed E-state index contributed by atoms with van der Waals surface area (Å²) in [6.07, 6.45) is 1.91. The van der Waals surface area contributed by atoms with E-state index in [9.17, 15) is 0 Å². The first-order valence-electron chi connectivity index (χ1n) is 20.9. The van der Waals surface area contributed by atoms with Crippen LogP contribution in [0.2, 0.25) is 0 Å². The third kappa shape index (κ3) is 6.49. The van der Waals surface area contributed by atoms with Gasteiger partial charge in [0, 0.05) is 77.7 Å². The maximum absolute atomic E-state index is 6.62. The molecule has 0 bridgehead atoms. The summed E-state index contributed by atoms with van der Waals surface area (Å²) in [6.45, 7) is 6.41. The van der Waals surface area contributed by atoms with Crippen LogP contribution in [0.1, 0.15) is 11.1 Å². The number of benzene rings is 8. The molecule has 0 saturated heterocycles. The number of nitrogens with zero attached hydrogens (tertiary/aromatic N) is 5. The topological polar surface area (TPSA) is 38.5 Å². The zero-order valence-electron chi connectivity index (χ0n) is 34.4. The average Bonchev–Trinajstić information content (AvgIpc) is 3.97. The van der Waals surface area contributed by atoms with Crippen LogP contribution in [-0.4, -0.2) is 14.1 Å². The molecule has 11 aromatic rings. The van der Waals surface area contributed by atoms with Crippen LogP contribution in [0.5, 0.6) is 11.5 Å². The van der Waals surface area contributed by atoms with Gasteiger partial charge in [0.2, 0.25) is 0 Å². The molecular weight excluding hydrogens is 954 g/mol. The van der Waals surface area contributed by atoms with Crippen molar-refractivity contribution in [2.75, 3.05) is 9.80 Å². The van der Waals surface area contributed by atoms with Crippen molar-refractivity contribution < 1.29 is 25.8 Å². The smallest absolute Gasteiger partial charge is 0.136 e. The summed E-state index contributed by atoms with van der Waals surface area (Å²) in [5, 5.41) is 4.65. The number of para-hydroxylation sites is 6. The van der Waals surface area contributed by atoms with Gasteiger partial charge >= 0.3 is 0 Å². The molecule has 6 nitrogen and oxygen atoms in total. The van der Waals surface area contributed by atoms with Crippen molar-refractivity contribution in [2.45, 2.75) is 13.8 Å². The van der Waals surface area contributed by atoms with Gasteiger partial charge in [-0.2, -0.15) is 12.1 Å². The summed E-state index contributed by atoms with van der Waals surface area (Å²) in [5.41, 5.74) is 14.2. The fraction of sp³-hybridized carbons (Fsp3) is 0.0357. The summed E-state index contributed by atoms with van der Waals surface area (Å²) in [6, 6.07) is 71.1. The fourth-order valence-electron chi connectivity index (χ4n) is 9.33. The maximum atomic E-state index is 6.62. The van der Waals surface area contributed by atoms with Crippen LogP contribution in [0.4, 0.5) is 22.7 Å². The Morgan fingerprint density at radius 2 is 1.08 bits per heavy atom. The Morgan fingerprint density at radius 3 is 1.79 bits per heavy atom. The van der Waals surface area contributed by atoms with Crippen LogP contribution in [0.15, 0.2) is 188 Å². The van der Waals surface area contributed by atoms with Gasteiger partial charge in [0.25, 0.3) is 0 Å². The molecule has 306 valence electrons. The first-order valence-corrected chi connectivity index (χ1v) is 20.9. The Labute approximate surface area is 380 Å². The Kier molecular flexibility index (Phi) is 9.48. The SMILES string of the molecule is Cc1cc(C)cc(N2[CH-]N(c3[c-]c(Oc4[c-]c5c(cc4)c4ccccc4n5-c4cc(-c5ccccc5-n5c6ccccc6c6ccccc65)ccn4)ccc3)c3ccccc32)c1.[Pt]. The van der Waals surface area contributed by atoms with E-state index in [0.29, 0.717) is 11.5 Å². The van der Waals surface area contributed by atoms with E-state index in [-0.39, 0.29) is 21.1 Å². The number of hydrogen-bond acceptors (Lipinski definition) is 4. The summed E-state index contributed by atoms with van der Waals surface area (Å²) in [5.74, 6) is 1.98. The van der Waals surface area contributed by atoms with E-state index in [4.69, 9.17) is 9.72 Å². The summed E-state index contributed by atoms with van der Waals surface area (Å²) < 4.78 is 11.2. The molecule has 0 aliphatic carbocycles. The number of aromatic nitrogens is 3. The van der Waals surface area contributed by atoms with Crippen molar-refractivity contribution in [1.29, 1.82) is 0 Å². The normalized spacial score (nSPS) is 12.3. The van der Waals surface area contributed by atoms with Crippen LogP contribution in [0, 0.1) is 32.6 Å². The van der Waals surface area contributed by atoms with Crippen molar-refractivity contribution in [1.82, 2.24) is 14.1 Å². The summed E-state index contributed by atoms with van der Waals surface area (Å²) in [4.78, 5) is 9.41. The van der Waals surface area contributed by atoms with Gasteiger partial charge in [-0.25, -0.2) is 4.98 Å². The minimum Gasteiger partial charge on any atom is -0.509 e. The van der Waals surface area contributed by atoms with Crippen LogP contribution in [0.3, 0.4) is 0 Å². The molecule has 1 aliphatic heterocycles. The molecule has 63 heavy (non-hydrogen) atoms. The van der Waals surface area contributed by atoms with Crippen molar-refractivity contribution >= 4 is 66.4 Å². The van der Waals surface area contributed by atoms with Crippen molar-refractivity contribution in [3.8, 4) is 34.1 Å². The second-order valence-electron chi connectivity index (χ2n) is 15.9. The van der Waals surface area contributed by atoms with E-state index in [1.807, 2.05) is 24.4 Å². The summed E-state index contributed by atoms with van der Waals surface area (Å²) in [7, 11) is 0. The number of fused-ring (bicyclic) bond motifs is 7. The average molecular weight is 992 g/mol. The molecule has 0 atom stereocenters. The molecule has 0 spiro atoms. The number of hydrogen-bond donors (Lipinski definition) is 0. The molecule has 4 heterocycles. The summed E-state index contributed by atoms with van der Waals surface area (Å²) >= 11 is 0. The number of anilines is 4. The second kappa shape index (κ2) is 15.5. The van der Waals surface area contributed by atoms with E-state index in [2.05, 4.69) is 215 Å². The molecule has 0 fully saturated rings. The standard InChI is InChI=1S/C56H38N5O.Pt/c1-37-30-38(2)32-41(31-37)59-36-58(53-24-11-12-25-54(53)59)40-14-13-15-42(34-40)62-43-26-27-48-47-19-6-10-23-52(47)61(55(48)35-43)56-33-39(28-29-57-56)44-16-3-7-20-49(44)60-50-21-8-4-17-45(50)46-18-5-9-22-51(46)60;/h3-33,36H,1-2H3;/q-3;. The molecule has 0 N–H and O–H groups in total. The van der Waals surface area contributed by atoms with Crippen LogP contribution in [-0.2, 0) is 21.1 Å². The van der Waals surface area contributed by atoms with Crippen molar-refractivity contribution in [3.05, 3.63) is 218 Å². The number of aryl methyl sites for hydroxylation is 2. The van der Waals surface area contributed by atoms with Crippen LogP contribution in [0.25, 0.3) is 66.2 Å². The fourth-order valence-corrected chi connectivity index (χ4v) is 9.33. The molecule has 0 radical (unpaired) electrons. The van der Waals surface area contributed by atoms with E-state index >= 15 is 0 Å². The van der Waals surface area contributed by atoms with Crippen molar-refractivity contribution in [3.63, 3.8) is 0 Å². The third-order valence-electron chi connectivity index (χ3n) is 11.9. The van der Waals surface area contributed by atoms with Gasteiger partial charge in [-0.15, -0.1) is 48.1 Å². The Bertz CT molecular complexity index is 3480. The number of pyridine rings is 1. The monoisotopic (exact) mass is 991 g/mol. The van der Waals surface area contributed by atoms with Gasteiger partial charge in [0.1, 0.15) is 5.82 Å². The van der Waals surface area contributed by atoms with Crippen molar-refractivity contribution in [2.24, 2.45) is 0 Å². The van der Waals surface area contributed by atoms with Crippen LogP contribution >= 0.6 is 0 Å². The first-order chi connectivity index (χ1) is 30.6. The number of ether oxygens (including phenoxy) is 1. The van der Waals surface area contributed by atoms with Gasteiger partial charge in [-0.05, 0) is 96.6 Å². The predicted octanol–water partition coefficient (Wildman–Crippen LogP) is 14.4. The molecule has 12 rings (SSSR count). The Morgan fingerprint density at radius 1 is 0.492 bits per heavy atom.